The van der Waals surface area contributed by atoms with Gasteiger partial charge in [-0.1, -0.05) is 6.07 Å². The van der Waals surface area contributed by atoms with E-state index in [1.165, 1.54) is 0 Å². The van der Waals surface area contributed by atoms with Crippen LogP contribution in [-0.4, -0.2) is 31.3 Å². The molecule has 0 amide bonds. The Balaban J connectivity index is 2.59. The van der Waals surface area contributed by atoms with E-state index >= 15 is 0 Å². The Morgan fingerprint density at radius 3 is 2.83 bits per heavy atom. The van der Waals surface area contributed by atoms with Gasteiger partial charge in [0.2, 0.25) is 0 Å². The minimum Gasteiger partial charge on any atom is -0.497 e. The molecular formula is C13H20N2O3. The zero-order chi connectivity index (χ0) is 13.5. The molecule has 4 N–H and O–H groups in total. The number of ether oxygens (including phenoxy) is 1. The van der Waals surface area contributed by atoms with Crippen LogP contribution in [0.15, 0.2) is 18.2 Å². The van der Waals surface area contributed by atoms with Gasteiger partial charge in [0.25, 0.3) is 0 Å². The quantitative estimate of drug-likeness (QED) is 0.684. The molecule has 1 rings (SSSR count). The van der Waals surface area contributed by atoms with Crippen LogP contribution in [0, 0.1) is 0 Å². The lowest BCUT2D eigenvalue weighted by molar-refractivity contribution is -0.138. The Bertz CT molecular complexity index is 407. The Kier molecular flexibility index (Phi) is 5.45. The van der Waals surface area contributed by atoms with E-state index in [9.17, 15) is 4.79 Å². The lowest BCUT2D eigenvalue weighted by Gasteiger charge is -2.11. The van der Waals surface area contributed by atoms with Gasteiger partial charge in [-0.3, -0.25) is 4.79 Å². The molecule has 0 aliphatic heterocycles. The first-order valence-electron chi connectivity index (χ1n) is 5.91. The second-order valence-corrected chi connectivity index (χ2v) is 4.11. The molecule has 1 aromatic carbocycles. The number of nitrogens with one attached hydrogen (secondary N) is 1. The molecule has 0 bridgehead atoms. The maximum Gasteiger partial charge on any atom is 0.320 e. The van der Waals surface area contributed by atoms with E-state index in [2.05, 4.69) is 5.32 Å². The number of aliphatic carboxylic acids is 1. The van der Waals surface area contributed by atoms with Gasteiger partial charge in [0.15, 0.2) is 0 Å². The van der Waals surface area contributed by atoms with E-state index in [1.54, 1.807) is 7.11 Å². The lowest BCUT2D eigenvalue weighted by atomic mass is 10.0. The number of anilines is 1. The Hall–Kier alpha value is -1.75. The molecule has 0 radical (unpaired) electrons. The topological polar surface area (TPSA) is 84.6 Å². The number of benzene rings is 1. The molecule has 0 heterocycles. The van der Waals surface area contributed by atoms with E-state index in [4.69, 9.17) is 15.6 Å². The predicted molar refractivity (Wildman–Crippen MR) is 71.1 cm³/mol. The summed E-state index contributed by atoms with van der Waals surface area (Å²) < 4.78 is 5.15. The van der Waals surface area contributed by atoms with Gasteiger partial charge in [0, 0.05) is 18.8 Å². The Labute approximate surface area is 107 Å². The molecule has 1 aromatic rings. The van der Waals surface area contributed by atoms with Gasteiger partial charge in [-0.05, 0) is 30.9 Å². The third-order valence-corrected chi connectivity index (χ3v) is 2.86. The van der Waals surface area contributed by atoms with Gasteiger partial charge < -0.3 is 20.9 Å². The summed E-state index contributed by atoms with van der Waals surface area (Å²) in [5.41, 5.74) is 7.60. The molecule has 0 fully saturated rings. The van der Waals surface area contributed by atoms with E-state index in [1.807, 2.05) is 25.2 Å². The number of carboxylic acid groups (broad SMARTS) is 1. The summed E-state index contributed by atoms with van der Waals surface area (Å²) >= 11 is 0. The third kappa shape index (κ3) is 3.92. The van der Waals surface area contributed by atoms with Gasteiger partial charge in [0.1, 0.15) is 11.8 Å². The highest BCUT2D eigenvalue weighted by molar-refractivity contribution is 5.72. The van der Waals surface area contributed by atoms with E-state index in [0.717, 1.165) is 29.8 Å². The number of hydrogen-bond donors (Lipinski definition) is 3. The third-order valence-electron chi connectivity index (χ3n) is 2.86. The van der Waals surface area contributed by atoms with Crippen molar-refractivity contribution in [3.63, 3.8) is 0 Å². The van der Waals surface area contributed by atoms with Gasteiger partial charge in [-0.15, -0.1) is 0 Å². The number of rotatable bonds is 7. The molecule has 100 valence electrons. The summed E-state index contributed by atoms with van der Waals surface area (Å²) in [6, 6.07) is 5.03. The molecule has 0 aromatic heterocycles. The van der Waals surface area contributed by atoms with Crippen molar-refractivity contribution in [3.05, 3.63) is 23.8 Å². The number of aryl methyl sites for hydroxylation is 1. The van der Waals surface area contributed by atoms with Crippen LogP contribution in [0.1, 0.15) is 18.4 Å². The zero-order valence-electron chi connectivity index (χ0n) is 10.8. The second kappa shape index (κ2) is 6.86. The van der Waals surface area contributed by atoms with Crippen LogP contribution in [0.5, 0.6) is 5.75 Å². The fourth-order valence-corrected chi connectivity index (χ4v) is 1.77. The van der Waals surface area contributed by atoms with Crippen molar-refractivity contribution in [2.75, 3.05) is 19.5 Å². The van der Waals surface area contributed by atoms with Crippen LogP contribution in [0.3, 0.4) is 0 Å². The number of nitrogens with two attached hydrogens (primary N) is 1. The fraction of sp³-hybridized carbons (Fsp3) is 0.462. The van der Waals surface area contributed by atoms with Crippen molar-refractivity contribution in [1.29, 1.82) is 0 Å². The molecule has 1 atom stereocenters. The monoisotopic (exact) mass is 252 g/mol. The standard InChI is InChI=1S/C13H20N2O3/c1-15-12-8-10(18-2)7-6-9(12)4-3-5-11(14)13(16)17/h6-8,11,15H,3-5,14H2,1-2H3,(H,16,17). The zero-order valence-corrected chi connectivity index (χ0v) is 10.8. The highest BCUT2D eigenvalue weighted by atomic mass is 16.5. The molecule has 0 spiro atoms. The number of hydrogen-bond acceptors (Lipinski definition) is 4. The van der Waals surface area contributed by atoms with Crippen LogP contribution in [0.25, 0.3) is 0 Å². The predicted octanol–water partition coefficient (Wildman–Crippen LogP) is 1.47. The molecule has 0 saturated carbocycles. The van der Waals surface area contributed by atoms with E-state index in [-0.39, 0.29) is 0 Å². The molecule has 18 heavy (non-hydrogen) atoms. The van der Waals surface area contributed by atoms with Gasteiger partial charge >= 0.3 is 5.97 Å². The summed E-state index contributed by atoms with van der Waals surface area (Å²) in [7, 11) is 3.47. The van der Waals surface area contributed by atoms with Crippen molar-refractivity contribution in [1.82, 2.24) is 0 Å². The minimum atomic E-state index is -0.946. The Morgan fingerprint density at radius 2 is 2.28 bits per heavy atom. The highest BCUT2D eigenvalue weighted by Gasteiger charge is 2.11. The maximum absolute atomic E-state index is 10.6. The molecule has 5 heteroatoms. The van der Waals surface area contributed by atoms with Crippen LogP contribution in [-0.2, 0) is 11.2 Å². The van der Waals surface area contributed by atoms with Gasteiger partial charge in [0.05, 0.1) is 7.11 Å². The number of methoxy groups -OCH3 is 1. The first-order valence-corrected chi connectivity index (χ1v) is 5.91. The fourth-order valence-electron chi connectivity index (χ4n) is 1.77. The van der Waals surface area contributed by atoms with Crippen LogP contribution >= 0.6 is 0 Å². The summed E-state index contributed by atoms with van der Waals surface area (Å²) in [6.45, 7) is 0. The summed E-state index contributed by atoms with van der Waals surface area (Å²) in [5.74, 6) is -0.149. The molecule has 5 nitrogen and oxygen atoms in total. The summed E-state index contributed by atoms with van der Waals surface area (Å²) in [4.78, 5) is 10.6. The van der Waals surface area contributed by atoms with Crippen molar-refractivity contribution < 1.29 is 14.6 Å². The summed E-state index contributed by atoms with van der Waals surface area (Å²) in [5, 5.41) is 11.8. The summed E-state index contributed by atoms with van der Waals surface area (Å²) in [6.07, 6.45) is 2.01. The molecule has 0 aliphatic rings. The largest absolute Gasteiger partial charge is 0.497 e. The normalized spacial score (nSPS) is 11.9. The lowest BCUT2D eigenvalue weighted by Crippen LogP contribution is -2.29. The van der Waals surface area contributed by atoms with E-state index < -0.39 is 12.0 Å². The average molecular weight is 252 g/mol. The van der Waals surface area contributed by atoms with Crippen LogP contribution in [0.2, 0.25) is 0 Å². The van der Waals surface area contributed by atoms with Crippen molar-refractivity contribution in [2.45, 2.75) is 25.3 Å². The van der Waals surface area contributed by atoms with Gasteiger partial charge in [-0.25, -0.2) is 0 Å². The Morgan fingerprint density at radius 1 is 1.56 bits per heavy atom. The minimum absolute atomic E-state index is 0.477. The first-order chi connectivity index (χ1) is 8.58. The van der Waals surface area contributed by atoms with Crippen molar-refractivity contribution >= 4 is 11.7 Å². The van der Waals surface area contributed by atoms with Gasteiger partial charge in [-0.2, -0.15) is 0 Å². The molecule has 0 saturated heterocycles. The highest BCUT2D eigenvalue weighted by Crippen LogP contribution is 2.23. The molecule has 1 unspecified atom stereocenters. The number of carbonyl (C=O) groups is 1. The van der Waals surface area contributed by atoms with Crippen LogP contribution in [0.4, 0.5) is 5.69 Å². The maximum atomic E-state index is 10.6. The average Bonchev–Trinajstić information content (AvgIpc) is 2.38. The molecule has 0 aliphatic carbocycles. The van der Waals surface area contributed by atoms with E-state index in [0.29, 0.717) is 6.42 Å². The second-order valence-electron chi connectivity index (χ2n) is 4.11. The molecular weight excluding hydrogens is 232 g/mol. The number of carboxylic acids is 1. The SMILES string of the molecule is CNc1cc(OC)ccc1CCCC(N)C(=O)O. The van der Waals surface area contributed by atoms with Crippen LogP contribution < -0.4 is 15.8 Å². The van der Waals surface area contributed by atoms with Crippen molar-refractivity contribution in [3.8, 4) is 5.75 Å². The van der Waals surface area contributed by atoms with Crippen molar-refractivity contribution in [2.24, 2.45) is 5.73 Å². The smallest absolute Gasteiger partial charge is 0.320 e. The first kappa shape index (κ1) is 14.3.